The highest BCUT2D eigenvalue weighted by molar-refractivity contribution is 7.10. The maximum Gasteiger partial charge on any atom is 0.134 e. The standard InChI is InChI=1S/C10H16N2S/c1-10(5-3-2-4-6-10)9-12-8(11)7-13-9/h7H,2-6,11H2,1H3. The lowest BCUT2D eigenvalue weighted by Gasteiger charge is -2.31. The molecule has 0 bridgehead atoms. The number of aromatic nitrogens is 1. The first-order valence-corrected chi connectivity index (χ1v) is 5.80. The minimum Gasteiger partial charge on any atom is -0.383 e. The number of nitrogens with zero attached hydrogens (tertiary/aromatic N) is 1. The highest BCUT2D eigenvalue weighted by Gasteiger charge is 2.31. The number of nitrogens with two attached hydrogens (primary N) is 1. The Labute approximate surface area is 83.2 Å². The minimum atomic E-state index is 0.320. The van der Waals surface area contributed by atoms with Crippen LogP contribution in [0, 0.1) is 0 Å². The maximum atomic E-state index is 5.64. The first kappa shape index (κ1) is 9.00. The van der Waals surface area contributed by atoms with Crippen LogP contribution in [0.4, 0.5) is 5.82 Å². The van der Waals surface area contributed by atoms with E-state index in [2.05, 4.69) is 11.9 Å². The third-order valence-corrected chi connectivity index (χ3v) is 4.16. The van der Waals surface area contributed by atoms with Crippen molar-refractivity contribution >= 4 is 17.2 Å². The Morgan fingerprint density at radius 2 is 2.08 bits per heavy atom. The molecular weight excluding hydrogens is 180 g/mol. The van der Waals surface area contributed by atoms with Gasteiger partial charge in [0.1, 0.15) is 10.8 Å². The van der Waals surface area contributed by atoms with E-state index < -0.39 is 0 Å². The summed E-state index contributed by atoms with van der Waals surface area (Å²) >= 11 is 1.72. The molecule has 0 atom stereocenters. The van der Waals surface area contributed by atoms with Crippen LogP contribution in [0.5, 0.6) is 0 Å². The molecule has 1 heterocycles. The molecule has 0 radical (unpaired) electrons. The number of nitrogen functional groups attached to an aromatic ring is 1. The Balaban J connectivity index is 2.22. The van der Waals surface area contributed by atoms with Gasteiger partial charge in [-0.3, -0.25) is 0 Å². The van der Waals surface area contributed by atoms with Crippen LogP contribution >= 0.6 is 11.3 Å². The summed E-state index contributed by atoms with van der Waals surface area (Å²) in [6, 6.07) is 0. The zero-order valence-corrected chi connectivity index (χ0v) is 8.86. The van der Waals surface area contributed by atoms with Gasteiger partial charge in [0.05, 0.1) is 0 Å². The fraction of sp³-hybridized carbons (Fsp3) is 0.700. The van der Waals surface area contributed by atoms with Crippen molar-refractivity contribution in [2.45, 2.75) is 44.4 Å². The van der Waals surface area contributed by atoms with E-state index in [1.54, 1.807) is 11.3 Å². The van der Waals surface area contributed by atoms with Crippen molar-refractivity contribution in [2.24, 2.45) is 0 Å². The van der Waals surface area contributed by atoms with Gasteiger partial charge in [0.2, 0.25) is 0 Å². The SMILES string of the molecule is CC1(c2nc(N)cs2)CCCCC1. The lowest BCUT2D eigenvalue weighted by molar-refractivity contribution is 0.319. The van der Waals surface area contributed by atoms with Gasteiger partial charge < -0.3 is 5.73 Å². The van der Waals surface area contributed by atoms with E-state index in [1.807, 2.05) is 5.38 Å². The molecule has 2 rings (SSSR count). The van der Waals surface area contributed by atoms with Crippen molar-refractivity contribution in [3.05, 3.63) is 10.4 Å². The molecule has 13 heavy (non-hydrogen) atoms. The van der Waals surface area contributed by atoms with Gasteiger partial charge in [-0.25, -0.2) is 4.98 Å². The molecule has 0 spiro atoms. The van der Waals surface area contributed by atoms with Crippen LogP contribution in [-0.2, 0) is 5.41 Å². The second-order valence-electron chi connectivity index (χ2n) is 4.20. The number of hydrogen-bond donors (Lipinski definition) is 1. The normalized spacial score (nSPS) is 21.6. The van der Waals surface area contributed by atoms with Gasteiger partial charge in [-0.2, -0.15) is 0 Å². The van der Waals surface area contributed by atoms with Crippen molar-refractivity contribution in [3.8, 4) is 0 Å². The fourth-order valence-corrected chi connectivity index (χ4v) is 3.04. The van der Waals surface area contributed by atoms with Crippen molar-refractivity contribution in [3.63, 3.8) is 0 Å². The van der Waals surface area contributed by atoms with Crippen molar-refractivity contribution in [2.75, 3.05) is 5.73 Å². The summed E-state index contributed by atoms with van der Waals surface area (Å²) in [6.07, 6.45) is 6.63. The van der Waals surface area contributed by atoms with Crippen molar-refractivity contribution < 1.29 is 0 Å². The third-order valence-electron chi connectivity index (χ3n) is 3.00. The highest BCUT2D eigenvalue weighted by Crippen LogP contribution is 2.40. The summed E-state index contributed by atoms with van der Waals surface area (Å²) in [6.45, 7) is 2.32. The lowest BCUT2D eigenvalue weighted by atomic mass is 9.76. The van der Waals surface area contributed by atoms with Gasteiger partial charge in [-0.05, 0) is 12.8 Å². The Hall–Kier alpha value is -0.570. The molecule has 1 saturated carbocycles. The Morgan fingerprint density at radius 1 is 1.38 bits per heavy atom. The smallest absolute Gasteiger partial charge is 0.134 e. The van der Waals surface area contributed by atoms with E-state index in [9.17, 15) is 0 Å². The molecule has 1 aliphatic carbocycles. The van der Waals surface area contributed by atoms with E-state index in [0.717, 1.165) is 0 Å². The van der Waals surface area contributed by atoms with Crippen LogP contribution in [0.15, 0.2) is 5.38 Å². The quantitative estimate of drug-likeness (QED) is 0.750. The van der Waals surface area contributed by atoms with Gasteiger partial charge >= 0.3 is 0 Å². The third kappa shape index (κ3) is 1.70. The monoisotopic (exact) mass is 196 g/mol. The molecular formula is C10H16N2S. The first-order chi connectivity index (χ1) is 6.21. The summed E-state index contributed by atoms with van der Waals surface area (Å²) in [7, 11) is 0. The van der Waals surface area contributed by atoms with Gasteiger partial charge in [-0.15, -0.1) is 11.3 Å². The van der Waals surface area contributed by atoms with Crippen LogP contribution in [-0.4, -0.2) is 4.98 Å². The predicted molar refractivity (Wildman–Crippen MR) is 57.0 cm³/mol. The average molecular weight is 196 g/mol. The molecule has 1 aliphatic rings. The molecule has 2 N–H and O–H groups in total. The summed E-state index contributed by atoms with van der Waals surface area (Å²) in [4.78, 5) is 4.40. The first-order valence-electron chi connectivity index (χ1n) is 4.92. The molecule has 0 unspecified atom stereocenters. The van der Waals surface area contributed by atoms with E-state index in [0.29, 0.717) is 11.2 Å². The summed E-state index contributed by atoms with van der Waals surface area (Å²) in [5.41, 5.74) is 5.96. The lowest BCUT2D eigenvalue weighted by Crippen LogP contribution is -2.24. The highest BCUT2D eigenvalue weighted by atomic mass is 32.1. The van der Waals surface area contributed by atoms with Crippen LogP contribution in [0.3, 0.4) is 0 Å². The van der Waals surface area contributed by atoms with E-state index in [4.69, 9.17) is 5.73 Å². The molecule has 0 amide bonds. The van der Waals surface area contributed by atoms with Gasteiger partial charge in [0.25, 0.3) is 0 Å². The number of anilines is 1. The zero-order valence-electron chi connectivity index (χ0n) is 8.05. The Bertz CT molecular complexity index is 287. The Kier molecular flexibility index (Phi) is 2.28. The van der Waals surface area contributed by atoms with Crippen molar-refractivity contribution in [1.82, 2.24) is 4.98 Å². The summed E-state index contributed by atoms with van der Waals surface area (Å²) in [5.74, 6) is 0.687. The summed E-state index contributed by atoms with van der Waals surface area (Å²) < 4.78 is 0. The van der Waals surface area contributed by atoms with Crippen LogP contribution in [0.25, 0.3) is 0 Å². The van der Waals surface area contributed by atoms with E-state index in [1.165, 1.54) is 37.1 Å². The Morgan fingerprint density at radius 3 is 2.62 bits per heavy atom. The molecule has 3 heteroatoms. The second kappa shape index (κ2) is 3.29. The van der Waals surface area contributed by atoms with E-state index >= 15 is 0 Å². The number of thiazole rings is 1. The molecule has 0 saturated heterocycles. The largest absolute Gasteiger partial charge is 0.383 e. The van der Waals surface area contributed by atoms with Gasteiger partial charge in [0.15, 0.2) is 0 Å². The predicted octanol–water partition coefficient (Wildman–Crippen LogP) is 2.95. The molecule has 0 aromatic carbocycles. The summed E-state index contributed by atoms with van der Waals surface area (Å²) in [5, 5.41) is 3.19. The zero-order chi connectivity index (χ0) is 9.31. The molecule has 72 valence electrons. The van der Waals surface area contributed by atoms with Crippen LogP contribution in [0.1, 0.15) is 44.0 Å². The topological polar surface area (TPSA) is 38.9 Å². The molecule has 1 fully saturated rings. The average Bonchev–Trinajstić information content (AvgIpc) is 2.54. The van der Waals surface area contributed by atoms with E-state index in [-0.39, 0.29) is 0 Å². The minimum absolute atomic E-state index is 0.320. The van der Waals surface area contributed by atoms with Crippen LogP contribution in [0.2, 0.25) is 0 Å². The van der Waals surface area contributed by atoms with Crippen LogP contribution < -0.4 is 5.73 Å². The number of rotatable bonds is 1. The molecule has 1 aromatic heterocycles. The second-order valence-corrected chi connectivity index (χ2v) is 5.06. The molecule has 2 nitrogen and oxygen atoms in total. The van der Waals surface area contributed by atoms with Gasteiger partial charge in [-0.1, -0.05) is 26.2 Å². The van der Waals surface area contributed by atoms with Gasteiger partial charge in [0, 0.05) is 10.8 Å². The fourth-order valence-electron chi connectivity index (χ4n) is 2.11. The van der Waals surface area contributed by atoms with Crippen molar-refractivity contribution in [1.29, 1.82) is 0 Å². The maximum absolute atomic E-state index is 5.64. The molecule has 1 aromatic rings. The molecule has 0 aliphatic heterocycles. The number of hydrogen-bond acceptors (Lipinski definition) is 3.